The maximum atomic E-state index is 15.0. The molecule has 0 radical (unpaired) electrons. The summed E-state index contributed by atoms with van der Waals surface area (Å²) in [6.45, 7) is 1.16. The summed E-state index contributed by atoms with van der Waals surface area (Å²) in [5.41, 5.74) is 2.25. The molecule has 3 N–H and O–H groups in total. The highest BCUT2D eigenvalue weighted by Crippen LogP contribution is 2.33. The molecular formula is C24H24ClFN8O3. The maximum Gasteiger partial charge on any atom is 0.319 e. The summed E-state index contributed by atoms with van der Waals surface area (Å²) in [5.74, 6) is -0.417. The van der Waals surface area contributed by atoms with Crippen molar-refractivity contribution < 1.29 is 18.5 Å². The summed E-state index contributed by atoms with van der Waals surface area (Å²) < 4.78 is 19.7. The van der Waals surface area contributed by atoms with Crippen molar-refractivity contribution in [3.8, 4) is 11.1 Å². The number of benzene rings is 1. The number of hydrogen-bond donors (Lipinski definition) is 3. The first-order valence-electron chi connectivity index (χ1n) is 11.5. The van der Waals surface area contributed by atoms with Crippen molar-refractivity contribution in [2.24, 2.45) is 0 Å². The predicted octanol–water partition coefficient (Wildman–Crippen LogP) is 3.50. The molecule has 1 atom stereocenters. The number of pyridine rings is 1. The second-order valence-electron chi connectivity index (χ2n) is 8.91. The molecule has 1 aromatic carbocycles. The van der Waals surface area contributed by atoms with Gasteiger partial charge in [-0.2, -0.15) is 5.10 Å². The fraction of sp³-hybridized carbons (Fsp3) is 0.292. The average Bonchev–Trinajstić information content (AvgIpc) is 3.63. The average molecular weight is 527 g/mol. The number of carbonyl (C=O) groups is 2. The fourth-order valence-corrected chi connectivity index (χ4v) is 4.45. The third-order valence-electron chi connectivity index (χ3n) is 6.16. The Balaban J connectivity index is 1.34. The van der Waals surface area contributed by atoms with E-state index in [1.807, 2.05) is 0 Å². The number of aromatic amines is 1. The lowest BCUT2D eigenvalue weighted by atomic mass is 10.0. The Bertz CT molecular complexity index is 1470. The van der Waals surface area contributed by atoms with Gasteiger partial charge in [0.2, 0.25) is 5.22 Å². The van der Waals surface area contributed by atoms with Crippen LogP contribution in [0.15, 0.2) is 41.1 Å². The lowest BCUT2D eigenvalue weighted by Crippen LogP contribution is -2.38. The molecule has 1 aliphatic heterocycles. The van der Waals surface area contributed by atoms with Crippen LogP contribution in [-0.2, 0) is 6.54 Å². The van der Waals surface area contributed by atoms with Crippen molar-refractivity contribution in [1.29, 1.82) is 0 Å². The van der Waals surface area contributed by atoms with Crippen LogP contribution in [-0.4, -0.2) is 75.3 Å². The summed E-state index contributed by atoms with van der Waals surface area (Å²) in [7, 11) is 3.46. The lowest BCUT2D eigenvalue weighted by Gasteiger charge is -2.21. The highest BCUT2D eigenvalue weighted by molar-refractivity contribution is 6.29. The molecule has 1 unspecified atom stereocenters. The number of nitrogens with zero attached hydrogens (tertiary/aromatic N) is 5. The summed E-state index contributed by atoms with van der Waals surface area (Å²) in [6, 6.07) is 7.86. The quantitative estimate of drug-likeness (QED) is 0.350. The SMILES string of the molecule is CN(C)C(=O)N1CCC(Nc2n[nH]c3nccc(-c4ccc(CNC(=O)c5cc(Cl)on5)c(F)c4)c23)C1. The summed E-state index contributed by atoms with van der Waals surface area (Å²) in [6.07, 6.45) is 2.40. The predicted molar refractivity (Wildman–Crippen MR) is 135 cm³/mol. The zero-order chi connectivity index (χ0) is 26.1. The highest BCUT2D eigenvalue weighted by atomic mass is 35.5. The molecule has 3 aromatic heterocycles. The fourth-order valence-electron chi connectivity index (χ4n) is 4.31. The molecular weight excluding hydrogens is 503 g/mol. The van der Waals surface area contributed by atoms with Crippen molar-refractivity contribution in [3.05, 3.63) is 58.8 Å². The van der Waals surface area contributed by atoms with Crippen molar-refractivity contribution in [2.75, 3.05) is 32.5 Å². The minimum Gasteiger partial charge on any atom is -0.363 e. The Morgan fingerprint density at radius 2 is 2.14 bits per heavy atom. The third kappa shape index (κ3) is 5.05. The first kappa shape index (κ1) is 24.5. The minimum absolute atomic E-state index is 0.00948. The Morgan fingerprint density at radius 3 is 2.86 bits per heavy atom. The van der Waals surface area contributed by atoms with Crippen LogP contribution in [0.1, 0.15) is 22.5 Å². The number of urea groups is 1. The van der Waals surface area contributed by atoms with E-state index in [0.717, 1.165) is 17.4 Å². The summed E-state index contributed by atoms with van der Waals surface area (Å²) in [5, 5.41) is 17.6. The molecule has 1 saturated heterocycles. The Hall–Kier alpha value is -4.19. The van der Waals surface area contributed by atoms with Crippen LogP contribution in [0.4, 0.5) is 15.0 Å². The number of carbonyl (C=O) groups excluding carboxylic acids is 2. The van der Waals surface area contributed by atoms with Gasteiger partial charge in [0.25, 0.3) is 5.91 Å². The summed E-state index contributed by atoms with van der Waals surface area (Å²) in [4.78, 5) is 32.1. The molecule has 0 spiro atoms. The van der Waals surface area contributed by atoms with E-state index in [9.17, 15) is 9.59 Å². The van der Waals surface area contributed by atoms with E-state index in [2.05, 4.69) is 35.5 Å². The van der Waals surface area contributed by atoms with Gasteiger partial charge in [0.05, 0.1) is 5.39 Å². The number of nitrogens with one attached hydrogen (secondary N) is 3. The molecule has 11 nitrogen and oxygen atoms in total. The van der Waals surface area contributed by atoms with E-state index >= 15 is 4.39 Å². The van der Waals surface area contributed by atoms with Gasteiger partial charge in [-0.15, -0.1) is 0 Å². The molecule has 1 fully saturated rings. The van der Waals surface area contributed by atoms with Crippen LogP contribution in [0.5, 0.6) is 0 Å². The number of likely N-dealkylation sites (tertiary alicyclic amines) is 1. The molecule has 0 bridgehead atoms. The van der Waals surface area contributed by atoms with E-state index in [1.54, 1.807) is 48.3 Å². The van der Waals surface area contributed by atoms with Crippen molar-refractivity contribution in [3.63, 3.8) is 0 Å². The van der Waals surface area contributed by atoms with Crippen molar-refractivity contribution >= 4 is 40.4 Å². The van der Waals surface area contributed by atoms with E-state index in [0.29, 0.717) is 35.7 Å². The van der Waals surface area contributed by atoms with E-state index in [4.69, 9.17) is 11.6 Å². The number of fused-ring (bicyclic) bond motifs is 1. The highest BCUT2D eigenvalue weighted by Gasteiger charge is 2.28. The number of amides is 3. The van der Waals surface area contributed by atoms with E-state index in [1.165, 1.54) is 12.1 Å². The molecule has 192 valence electrons. The first-order valence-corrected chi connectivity index (χ1v) is 11.9. The monoisotopic (exact) mass is 526 g/mol. The van der Waals surface area contributed by atoms with Gasteiger partial charge in [0.1, 0.15) is 5.82 Å². The second kappa shape index (κ2) is 10.1. The molecule has 1 aliphatic rings. The number of rotatable bonds is 6. The lowest BCUT2D eigenvalue weighted by molar-refractivity contribution is 0.0941. The van der Waals surface area contributed by atoms with Gasteiger partial charge in [0, 0.05) is 57.6 Å². The van der Waals surface area contributed by atoms with Crippen LogP contribution in [0.2, 0.25) is 5.22 Å². The van der Waals surface area contributed by atoms with Crippen LogP contribution in [0.25, 0.3) is 22.2 Å². The number of aromatic nitrogens is 4. The zero-order valence-electron chi connectivity index (χ0n) is 20.1. The molecule has 3 amide bonds. The molecule has 37 heavy (non-hydrogen) atoms. The molecule has 0 aliphatic carbocycles. The van der Waals surface area contributed by atoms with Gasteiger partial charge in [0.15, 0.2) is 17.2 Å². The molecule has 13 heteroatoms. The zero-order valence-corrected chi connectivity index (χ0v) is 20.8. The van der Waals surface area contributed by atoms with E-state index in [-0.39, 0.29) is 29.5 Å². The second-order valence-corrected chi connectivity index (χ2v) is 9.28. The van der Waals surface area contributed by atoms with Crippen LogP contribution in [0.3, 0.4) is 0 Å². The molecule has 0 saturated carbocycles. The van der Waals surface area contributed by atoms with Crippen LogP contribution in [0, 0.1) is 5.82 Å². The maximum absolute atomic E-state index is 15.0. The number of anilines is 1. The Morgan fingerprint density at radius 1 is 1.30 bits per heavy atom. The first-order chi connectivity index (χ1) is 17.8. The number of hydrogen-bond acceptors (Lipinski definition) is 7. The smallest absolute Gasteiger partial charge is 0.319 e. The van der Waals surface area contributed by atoms with Crippen molar-refractivity contribution in [1.82, 2.24) is 35.5 Å². The van der Waals surface area contributed by atoms with Gasteiger partial charge in [-0.3, -0.25) is 9.89 Å². The molecule has 4 heterocycles. The summed E-state index contributed by atoms with van der Waals surface area (Å²) >= 11 is 5.64. The number of H-pyrrole nitrogens is 1. The molecule has 4 aromatic rings. The Kier molecular flexibility index (Phi) is 6.66. The standard InChI is InChI=1S/C24H24ClFN8O3/c1-33(2)24(36)34-8-6-15(12-34)29-22-20-16(5-7-27-21(20)30-31-22)13-3-4-14(17(26)9-13)11-28-23(35)18-10-19(25)37-32-18/h3-5,7,9-10,15H,6,8,11-12H2,1-2H3,(H,28,35)(H2,27,29,30,31). The van der Waals surface area contributed by atoms with Gasteiger partial charge < -0.3 is 25.0 Å². The van der Waals surface area contributed by atoms with Gasteiger partial charge in [-0.1, -0.05) is 17.3 Å². The van der Waals surface area contributed by atoms with Crippen molar-refractivity contribution in [2.45, 2.75) is 19.0 Å². The number of halogens is 2. The van der Waals surface area contributed by atoms with Crippen LogP contribution < -0.4 is 10.6 Å². The Labute approximate surface area is 215 Å². The van der Waals surface area contributed by atoms with E-state index < -0.39 is 11.7 Å². The normalized spacial score (nSPS) is 15.2. The van der Waals surface area contributed by atoms with Crippen LogP contribution >= 0.6 is 11.6 Å². The largest absolute Gasteiger partial charge is 0.363 e. The van der Waals surface area contributed by atoms with Gasteiger partial charge in [-0.25, -0.2) is 14.2 Å². The van der Waals surface area contributed by atoms with Gasteiger partial charge >= 0.3 is 6.03 Å². The topological polar surface area (TPSA) is 132 Å². The molecule has 5 rings (SSSR count). The van der Waals surface area contributed by atoms with Gasteiger partial charge in [-0.05, 0) is 41.3 Å². The third-order valence-corrected chi connectivity index (χ3v) is 6.34. The minimum atomic E-state index is -0.526.